The summed E-state index contributed by atoms with van der Waals surface area (Å²) in [5.74, 6) is -0.657. The van der Waals surface area contributed by atoms with Crippen LogP contribution in [0.3, 0.4) is 0 Å². The summed E-state index contributed by atoms with van der Waals surface area (Å²) in [4.78, 5) is 10.3. The second-order valence-electron chi connectivity index (χ2n) is 9.92. The van der Waals surface area contributed by atoms with E-state index in [1.165, 1.54) is 148 Å². The highest BCUT2D eigenvalue weighted by atomic mass is 16.4. The molecule has 0 spiro atoms. The summed E-state index contributed by atoms with van der Waals surface area (Å²) in [5.41, 5.74) is 0. The fraction of sp³-hybridized carbons (Fsp3) is 0.967. The predicted molar refractivity (Wildman–Crippen MR) is 145 cm³/mol. The fourth-order valence-electron chi connectivity index (χ4n) is 4.21. The number of carboxylic acids is 1. The molecule has 32 heavy (non-hydrogen) atoms. The number of hydrogen-bond acceptors (Lipinski definition) is 1. The third kappa shape index (κ3) is 36.8. The van der Waals surface area contributed by atoms with E-state index in [1.54, 1.807) is 0 Å². The zero-order valence-electron chi connectivity index (χ0n) is 22.7. The number of hydrogen-bond donors (Lipinski definition) is 1. The maximum Gasteiger partial charge on any atom is 0.303 e. The summed E-state index contributed by atoms with van der Waals surface area (Å²) in [7, 11) is 0. The molecule has 0 aliphatic carbocycles. The second-order valence-corrected chi connectivity index (χ2v) is 9.92. The SMILES string of the molecule is CCCCCCCCCCCCCC(=O)O.CCCCCCCCCCCCCCCC. The van der Waals surface area contributed by atoms with Crippen LogP contribution in [0, 0.1) is 0 Å². The van der Waals surface area contributed by atoms with E-state index in [9.17, 15) is 4.79 Å². The summed E-state index contributed by atoms with van der Waals surface area (Å²) >= 11 is 0. The third-order valence-corrected chi connectivity index (χ3v) is 6.45. The van der Waals surface area contributed by atoms with Gasteiger partial charge >= 0.3 is 5.97 Å². The van der Waals surface area contributed by atoms with E-state index in [4.69, 9.17) is 5.11 Å². The lowest BCUT2D eigenvalue weighted by molar-refractivity contribution is -0.137. The molecular weight excluding hydrogens is 392 g/mol. The van der Waals surface area contributed by atoms with E-state index in [0.717, 1.165) is 12.8 Å². The maximum atomic E-state index is 10.3. The van der Waals surface area contributed by atoms with Crippen LogP contribution in [0.5, 0.6) is 0 Å². The van der Waals surface area contributed by atoms with Crippen LogP contribution in [0.25, 0.3) is 0 Å². The largest absolute Gasteiger partial charge is 0.481 e. The van der Waals surface area contributed by atoms with Gasteiger partial charge in [-0.3, -0.25) is 4.79 Å². The first-order valence-corrected chi connectivity index (χ1v) is 14.9. The van der Waals surface area contributed by atoms with Crippen LogP contribution >= 0.6 is 0 Å². The van der Waals surface area contributed by atoms with Crippen LogP contribution in [-0.4, -0.2) is 11.1 Å². The van der Waals surface area contributed by atoms with Crippen LogP contribution in [0.4, 0.5) is 0 Å². The first kappa shape index (κ1) is 33.6. The van der Waals surface area contributed by atoms with E-state index >= 15 is 0 Å². The molecule has 0 radical (unpaired) electrons. The first-order chi connectivity index (χ1) is 15.7. The number of carboxylic acid groups (broad SMARTS) is 1. The number of aliphatic carboxylic acids is 1. The normalized spacial score (nSPS) is 10.7. The minimum absolute atomic E-state index is 0.344. The molecule has 0 heterocycles. The molecule has 0 amide bonds. The highest BCUT2D eigenvalue weighted by Gasteiger charge is 1.96. The molecule has 0 rings (SSSR count). The summed E-state index contributed by atoms with van der Waals surface area (Å²) in [6.07, 6.45) is 34.8. The van der Waals surface area contributed by atoms with Crippen molar-refractivity contribution in [3.05, 3.63) is 0 Å². The minimum Gasteiger partial charge on any atom is -0.481 e. The van der Waals surface area contributed by atoms with Crippen LogP contribution in [0.15, 0.2) is 0 Å². The number of rotatable bonds is 25. The summed E-state index contributed by atoms with van der Waals surface area (Å²) in [6.45, 7) is 6.83. The van der Waals surface area contributed by atoms with E-state index in [0.29, 0.717) is 6.42 Å². The number of unbranched alkanes of at least 4 members (excludes halogenated alkanes) is 23. The Hall–Kier alpha value is -0.530. The molecule has 0 saturated heterocycles. The quantitative estimate of drug-likeness (QED) is 0.139. The molecule has 0 atom stereocenters. The molecule has 0 fully saturated rings. The summed E-state index contributed by atoms with van der Waals surface area (Å²) < 4.78 is 0. The molecule has 2 nitrogen and oxygen atoms in total. The first-order valence-electron chi connectivity index (χ1n) is 14.9. The van der Waals surface area contributed by atoms with Gasteiger partial charge in [0.25, 0.3) is 0 Å². The van der Waals surface area contributed by atoms with Crippen LogP contribution < -0.4 is 0 Å². The Bertz CT molecular complexity index is 313. The van der Waals surface area contributed by atoms with Crippen molar-refractivity contribution in [1.82, 2.24) is 0 Å². The van der Waals surface area contributed by atoms with E-state index in [2.05, 4.69) is 20.8 Å². The van der Waals surface area contributed by atoms with Gasteiger partial charge in [0.1, 0.15) is 0 Å². The van der Waals surface area contributed by atoms with Crippen LogP contribution in [0.2, 0.25) is 0 Å². The van der Waals surface area contributed by atoms with Gasteiger partial charge < -0.3 is 5.11 Å². The highest BCUT2D eigenvalue weighted by molar-refractivity contribution is 5.66. The Morgan fingerprint density at radius 1 is 0.375 bits per heavy atom. The van der Waals surface area contributed by atoms with Crippen molar-refractivity contribution in [3.63, 3.8) is 0 Å². The zero-order chi connectivity index (χ0) is 24.0. The summed E-state index contributed by atoms with van der Waals surface area (Å²) in [6, 6.07) is 0. The van der Waals surface area contributed by atoms with Crippen molar-refractivity contribution in [1.29, 1.82) is 0 Å². The van der Waals surface area contributed by atoms with Gasteiger partial charge in [0.05, 0.1) is 0 Å². The zero-order valence-corrected chi connectivity index (χ0v) is 22.7. The average molecular weight is 455 g/mol. The number of carbonyl (C=O) groups is 1. The molecule has 0 saturated carbocycles. The van der Waals surface area contributed by atoms with E-state index < -0.39 is 5.97 Å². The van der Waals surface area contributed by atoms with Crippen molar-refractivity contribution < 1.29 is 9.90 Å². The van der Waals surface area contributed by atoms with Crippen molar-refractivity contribution in [3.8, 4) is 0 Å². The van der Waals surface area contributed by atoms with Crippen molar-refractivity contribution in [2.75, 3.05) is 0 Å². The fourth-order valence-corrected chi connectivity index (χ4v) is 4.21. The van der Waals surface area contributed by atoms with Gasteiger partial charge in [-0.2, -0.15) is 0 Å². The van der Waals surface area contributed by atoms with Crippen molar-refractivity contribution >= 4 is 5.97 Å². The molecule has 0 aromatic rings. The van der Waals surface area contributed by atoms with Gasteiger partial charge in [0, 0.05) is 6.42 Å². The molecular formula is C30H62O2. The van der Waals surface area contributed by atoms with Gasteiger partial charge in [-0.15, -0.1) is 0 Å². The van der Waals surface area contributed by atoms with Crippen molar-refractivity contribution in [2.24, 2.45) is 0 Å². The van der Waals surface area contributed by atoms with E-state index in [1.807, 2.05) is 0 Å². The monoisotopic (exact) mass is 454 g/mol. The standard InChI is InChI=1S/C16H34.C14H28O2/c1-3-5-7-9-11-13-15-16-14-12-10-8-6-4-2;1-2-3-4-5-6-7-8-9-10-11-12-13-14(15)16/h3-16H2,1-2H3;2-13H2,1H3,(H,15,16). The smallest absolute Gasteiger partial charge is 0.303 e. The van der Waals surface area contributed by atoms with Crippen LogP contribution in [-0.2, 0) is 4.79 Å². The molecule has 0 aromatic carbocycles. The molecule has 0 bridgehead atoms. The Kier molecular flexibility index (Phi) is 34.3. The molecule has 1 N–H and O–H groups in total. The molecule has 0 aromatic heterocycles. The second kappa shape index (κ2) is 32.6. The van der Waals surface area contributed by atoms with Crippen molar-refractivity contribution in [2.45, 2.75) is 188 Å². The van der Waals surface area contributed by atoms with E-state index in [-0.39, 0.29) is 0 Å². The lowest BCUT2D eigenvalue weighted by Gasteiger charge is -2.02. The lowest BCUT2D eigenvalue weighted by atomic mass is 10.0. The Balaban J connectivity index is 0. The van der Waals surface area contributed by atoms with Gasteiger partial charge in [0.2, 0.25) is 0 Å². The molecule has 2 heteroatoms. The summed E-state index contributed by atoms with van der Waals surface area (Å²) in [5, 5.41) is 8.46. The Morgan fingerprint density at radius 3 is 0.750 bits per heavy atom. The van der Waals surface area contributed by atoms with Crippen LogP contribution in [0.1, 0.15) is 188 Å². The Morgan fingerprint density at radius 2 is 0.562 bits per heavy atom. The minimum atomic E-state index is -0.657. The molecule has 0 unspecified atom stereocenters. The topological polar surface area (TPSA) is 37.3 Å². The molecule has 0 aliphatic heterocycles. The predicted octanol–water partition coefficient (Wildman–Crippen LogP) is 11.3. The maximum absolute atomic E-state index is 10.3. The lowest BCUT2D eigenvalue weighted by Crippen LogP contribution is -1.93. The van der Waals surface area contributed by atoms with Gasteiger partial charge in [-0.05, 0) is 6.42 Å². The highest BCUT2D eigenvalue weighted by Crippen LogP contribution is 2.13. The molecule has 194 valence electrons. The Labute approximate surface area is 203 Å². The van der Waals surface area contributed by atoms with Gasteiger partial charge in [-0.25, -0.2) is 0 Å². The average Bonchev–Trinajstić information content (AvgIpc) is 2.78. The van der Waals surface area contributed by atoms with Gasteiger partial charge in [-0.1, -0.05) is 175 Å². The third-order valence-electron chi connectivity index (χ3n) is 6.45. The van der Waals surface area contributed by atoms with Gasteiger partial charge in [0.15, 0.2) is 0 Å². The molecule has 0 aliphatic rings.